The molecule has 0 N–H and O–H groups in total. The Morgan fingerprint density at radius 1 is 0.774 bits per heavy atom. The minimum absolute atomic E-state index is 0.929. The highest BCUT2D eigenvalue weighted by molar-refractivity contribution is 5.88. The minimum Gasteiger partial charge on any atom is -0.0985 e. The van der Waals surface area contributed by atoms with Crippen LogP contribution in [0.4, 0.5) is 0 Å². The number of rotatable bonds is 8. The first-order valence-electron chi connectivity index (χ1n) is 12.1. The fourth-order valence-corrected chi connectivity index (χ4v) is 5.11. The zero-order valence-corrected chi connectivity index (χ0v) is 19.0. The van der Waals surface area contributed by atoms with Gasteiger partial charge in [0, 0.05) is 0 Å². The molecule has 1 aliphatic rings. The van der Waals surface area contributed by atoms with Gasteiger partial charge in [0.1, 0.15) is 0 Å². The summed E-state index contributed by atoms with van der Waals surface area (Å²) in [6.07, 6.45) is 17.4. The summed E-state index contributed by atoms with van der Waals surface area (Å²) in [6, 6.07) is 22.6. The molecule has 0 spiro atoms. The lowest BCUT2D eigenvalue weighted by Crippen LogP contribution is -2.15. The van der Waals surface area contributed by atoms with Crippen LogP contribution in [0.3, 0.4) is 0 Å². The molecule has 3 aromatic rings. The maximum absolute atomic E-state index is 3.87. The van der Waals surface area contributed by atoms with Crippen LogP contribution in [0.5, 0.6) is 0 Å². The van der Waals surface area contributed by atoms with Gasteiger partial charge >= 0.3 is 0 Å². The van der Waals surface area contributed by atoms with Crippen molar-refractivity contribution >= 4 is 16.8 Å². The Balaban J connectivity index is 1.31. The van der Waals surface area contributed by atoms with Crippen LogP contribution in [0.25, 0.3) is 28.0 Å². The van der Waals surface area contributed by atoms with E-state index in [9.17, 15) is 0 Å². The van der Waals surface area contributed by atoms with Crippen LogP contribution in [0.2, 0.25) is 0 Å². The summed E-state index contributed by atoms with van der Waals surface area (Å²) in [5, 5.41) is 2.56. The second kappa shape index (κ2) is 10.6. The monoisotopic (exact) mass is 408 g/mol. The summed E-state index contributed by atoms with van der Waals surface area (Å²) < 4.78 is 0. The average Bonchev–Trinajstić information content (AvgIpc) is 2.83. The fraction of sp³-hybridized carbons (Fsp3) is 0.355. The fourth-order valence-electron chi connectivity index (χ4n) is 5.11. The molecule has 4 rings (SSSR count). The second-order valence-corrected chi connectivity index (χ2v) is 9.29. The summed E-state index contributed by atoms with van der Waals surface area (Å²) >= 11 is 0. The van der Waals surface area contributed by atoms with Gasteiger partial charge in [-0.25, -0.2) is 0 Å². The molecule has 0 heterocycles. The molecule has 1 saturated carbocycles. The molecule has 0 atom stereocenters. The Bertz CT molecular complexity index is 1010. The maximum Gasteiger partial charge on any atom is -0.0177 e. The molecule has 0 bridgehead atoms. The minimum atomic E-state index is 0.929. The van der Waals surface area contributed by atoms with Gasteiger partial charge in [0.2, 0.25) is 0 Å². The Kier molecular flexibility index (Phi) is 7.41. The van der Waals surface area contributed by atoms with E-state index in [1.165, 1.54) is 84.4 Å². The molecule has 0 unspecified atom stereocenters. The van der Waals surface area contributed by atoms with Crippen molar-refractivity contribution in [1.29, 1.82) is 0 Å². The summed E-state index contributed by atoms with van der Waals surface area (Å²) in [7, 11) is 0. The molecule has 1 fully saturated rings. The predicted octanol–water partition coefficient (Wildman–Crippen LogP) is 9.25. The maximum atomic E-state index is 3.87. The predicted molar refractivity (Wildman–Crippen MR) is 137 cm³/mol. The largest absolute Gasteiger partial charge is 0.0985 e. The molecule has 0 heteroatoms. The smallest absolute Gasteiger partial charge is 0.0177 e. The van der Waals surface area contributed by atoms with E-state index in [2.05, 4.69) is 86.3 Å². The average molecular weight is 409 g/mol. The number of fused-ring (bicyclic) bond motifs is 1. The van der Waals surface area contributed by atoms with Gasteiger partial charge in [-0.2, -0.15) is 0 Å². The van der Waals surface area contributed by atoms with Crippen LogP contribution in [-0.2, 0) is 6.42 Å². The first-order chi connectivity index (χ1) is 15.2. The number of allylic oxidation sites excluding steroid dienone is 2. The Morgan fingerprint density at radius 3 is 2.13 bits per heavy atom. The van der Waals surface area contributed by atoms with E-state index in [4.69, 9.17) is 0 Å². The zero-order valence-electron chi connectivity index (χ0n) is 19.0. The van der Waals surface area contributed by atoms with Crippen molar-refractivity contribution in [3.63, 3.8) is 0 Å². The number of benzene rings is 3. The van der Waals surface area contributed by atoms with E-state index in [-0.39, 0.29) is 0 Å². The molecular weight excluding hydrogens is 372 g/mol. The van der Waals surface area contributed by atoms with Crippen molar-refractivity contribution in [3.05, 3.63) is 90.5 Å². The Labute approximate surface area is 188 Å². The molecule has 1 aliphatic carbocycles. The zero-order chi connectivity index (χ0) is 21.5. The van der Waals surface area contributed by atoms with Gasteiger partial charge in [0.25, 0.3) is 0 Å². The summed E-state index contributed by atoms with van der Waals surface area (Å²) in [4.78, 5) is 0. The molecule has 31 heavy (non-hydrogen) atoms. The normalized spacial score (nSPS) is 19.1. The van der Waals surface area contributed by atoms with Crippen molar-refractivity contribution in [2.24, 2.45) is 11.8 Å². The summed E-state index contributed by atoms with van der Waals surface area (Å²) in [6.45, 7) is 6.00. The lowest BCUT2D eigenvalue weighted by atomic mass is 9.78. The van der Waals surface area contributed by atoms with Gasteiger partial charge in [-0.3, -0.25) is 0 Å². The molecule has 160 valence electrons. The summed E-state index contributed by atoms with van der Waals surface area (Å²) in [5.74, 6) is 1.90. The number of aryl methyl sites for hydroxylation is 1. The highest BCUT2D eigenvalue weighted by atomic mass is 14.3. The molecule has 0 radical (unpaired) electrons. The highest BCUT2D eigenvalue weighted by Crippen LogP contribution is 2.34. The van der Waals surface area contributed by atoms with E-state index in [1.807, 2.05) is 6.08 Å². The molecule has 0 amide bonds. The van der Waals surface area contributed by atoms with Crippen molar-refractivity contribution in [3.8, 4) is 11.1 Å². The summed E-state index contributed by atoms with van der Waals surface area (Å²) in [5.41, 5.74) is 5.25. The van der Waals surface area contributed by atoms with Crippen LogP contribution in [0, 0.1) is 11.8 Å². The highest BCUT2D eigenvalue weighted by Gasteiger charge is 2.20. The lowest BCUT2D eigenvalue weighted by molar-refractivity contribution is 0.254. The molecule has 0 saturated heterocycles. The van der Waals surface area contributed by atoms with Gasteiger partial charge in [-0.05, 0) is 89.6 Å². The van der Waals surface area contributed by atoms with Crippen molar-refractivity contribution in [2.75, 3.05) is 0 Å². The van der Waals surface area contributed by atoms with Gasteiger partial charge in [0.05, 0.1) is 0 Å². The van der Waals surface area contributed by atoms with Crippen LogP contribution >= 0.6 is 0 Å². The second-order valence-electron chi connectivity index (χ2n) is 9.29. The van der Waals surface area contributed by atoms with Crippen LogP contribution in [0.15, 0.2) is 79.4 Å². The third-order valence-electron chi connectivity index (χ3n) is 7.17. The SMILES string of the molecule is C=Cc1ccc2cc(-c3ccc(CCC4CCC(CC/C=C/C)CC4)cc3)ccc2c1. The number of hydrogen-bond donors (Lipinski definition) is 0. The molecular formula is C31H36. The molecule has 0 nitrogen and oxygen atoms in total. The first-order valence-corrected chi connectivity index (χ1v) is 12.1. The third-order valence-corrected chi connectivity index (χ3v) is 7.17. The van der Waals surface area contributed by atoms with Gasteiger partial charge < -0.3 is 0 Å². The van der Waals surface area contributed by atoms with Crippen molar-refractivity contribution in [2.45, 2.75) is 58.3 Å². The quantitative estimate of drug-likeness (QED) is 0.326. The van der Waals surface area contributed by atoms with Crippen molar-refractivity contribution in [1.82, 2.24) is 0 Å². The lowest BCUT2D eigenvalue weighted by Gasteiger charge is -2.28. The standard InChI is InChI=1S/C31H36/c1-3-5-6-7-25-8-10-26(11-9-25)12-13-27-15-17-28(18-16-27)30-21-20-29-22-24(4-2)14-19-31(29)23-30/h3-5,14-23,25-26H,2,6-13H2,1H3/b5-3+. The van der Waals surface area contributed by atoms with E-state index in [0.29, 0.717) is 0 Å². The van der Waals surface area contributed by atoms with Crippen molar-refractivity contribution < 1.29 is 0 Å². The molecule has 0 aromatic heterocycles. The third kappa shape index (κ3) is 5.76. The van der Waals surface area contributed by atoms with E-state index in [1.54, 1.807) is 0 Å². The van der Waals surface area contributed by atoms with E-state index < -0.39 is 0 Å². The van der Waals surface area contributed by atoms with Crippen LogP contribution < -0.4 is 0 Å². The molecule has 3 aromatic carbocycles. The van der Waals surface area contributed by atoms with E-state index in [0.717, 1.165) is 11.8 Å². The number of hydrogen-bond acceptors (Lipinski definition) is 0. The van der Waals surface area contributed by atoms with E-state index >= 15 is 0 Å². The van der Waals surface area contributed by atoms with Gasteiger partial charge in [-0.1, -0.05) is 99.0 Å². The van der Waals surface area contributed by atoms with Gasteiger partial charge in [0.15, 0.2) is 0 Å². The molecule has 0 aliphatic heterocycles. The van der Waals surface area contributed by atoms with Crippen LogP contribution in [0.1, 0.15) is 63.0 Å². The first kappa shape index (κ1) is 21.6. The topological polar surface area (TPSA) is 0 Å². The van der Waals surface area contributed by atoms with Crippen LogP contribution in [-0.4, -0.2) is 0 Å². The Hall–Kier alpha value is -2.60. The Morgan fingerprint density at radius 2 is 1.42 bits per heavy atom. The van der Waals surface area contributed by atoms with Gasteiger partial charge in [-0.15, -0.1) is 0 Å².